The third kappa shape index (κ3) is 15.7. The SMILES string of the molecule is O.O=C(O)CCS.[H-].[K+]. The van der Waals surface area contributed by atoms with Gasteiger partial charge in [-0.05, 0) is 0 Å². The second-order valence-electron chi connectivity index (χ2n) is 0.867. The summed E-state index contributed by atoms with van der Waals surface area (Å²) >= 11 is 3.68. The molecule has 3 nitrogen and oxygen atoms in total. The van der Waals surface area contributed by atoms with Crippen LogP contribution in [-0.2, 0) is 4.79 Å². The van der Waals surface area contributed by atoms with Crippen molar-refractivity contribution in [2.45, 2.75) is 6.42 Å². The smallest absolute Gasteiger partial charge is 1.00 e. The van der Waals surface area contributed by atoms with E-state index >= 15 is 0 Å². The van der Waals surface area contributed by atoms with Crippen LogP contribution in [0.15, 0.2) is 0 Å². The molecule has 0 aliphatic heterocycles. The van der Waals surface area contributed by atoms with Crippen LogP contribution in [0.25, 0.3) is 0 Å². The number of hydrogen-bond acceptors (Lipinski definition) is 2. The predicted molar refractivity (Wildman–Crippen MR) is 30.8 cm³/mol. The number of carboxylic acids is 1. The Balaban J connectivity index is -0.0000000417. The zero-order valence-corrected chi connectivity index (χ0v) is 8.73. The van der Waals surface area contributed by atoms with Crippen LogP contribution in [0.5, 0.6) is 0 Å². The maximum absolute atomic E-state index is 9.55. The van der Waals surface area contributed by atoms with Gasteiger partial charge >= 0.3 is 57.4 Å². The monoisotopic (exact) mass is 164 g/mol. The van der Waals surface area contributed by atoms with Crippen molar-refractivity contribution in [2.75, 3.05) is 5.75 Å². The molecule has 0 atom stereocenters. The summed E-state index contributed by atoms with van der Waals surface area (Å²) in [5.74, 6) is -0.361. The predicted octanol–water partition coefficient (Wildman–Crippen LogP) is -3.32. The van der Waals surface area contributed by atoms with Gasteiger partial charge in [-0.1, -0.05) is 0 Å². The van der Waals surface area contributed by atoms with E-state index in [1.807, 2.05) is 0 Å². The summed E-state index contributed by atoms with van der Waals surface area (Å²) in [6, 6.07) is 0. The summed E-state index contributed by atoms with van der Waals surface area (Å²) < 4.78 is 0. The van der Waals surface area contributed by atoms with E-state index in [0.717, 1.165) is 0 Å². The Morgan fingerprint density at radius 1 is 1.75 bits per heavy atom. The molecule has 0 spiro atoms. The minimum Gasteiger partial charge on any atom is -1.00 e. The first kappa shape index (κ1) is 16.2. The van der Waals surface area contributed by atoms with Crippen LogP contribution in [-0.4, -0.2) is 22.3 Å². The van der Waals surface area contributed by atoms with Gasteiger partial charge in [0.1, 0.15) is 0 Å². The number of hydrogen-bond donors (Lipinski definition) is 2. The van der Waals surface area contributed by atoms with Gasteiger partial charge in [-0.25, -0.2) is 0 Å². The number of aliphatic carboxylic acids is 1. The van der Waals surface area contributed by atoms with Crippen molar-refractivity contribution in [2.24, 2.45) is 0 Å². The average molecular weight is 164 g/mol. The van der Waals surface area contributed by atoms with Gasteiger partial charge in [-0.3, -0.25) is 4.79 Å². The van der Waals surface area contributed by atoms with Gasteiger partial charge < -0.3 is 12.0 Å². The number of carboxylic acid groups (broad SMARTS) is 1. The average Bonchev–Trinajstić information content (AvgIpc) is 1.35. The Labute approximate surface area is 97.5 Å². The van der Waals surface area contributed by atoms with Gasteiger partial charge in [0.15, 0.2) is 0 Å². The summed E-state index contributed by atoms with van der Waals surface area (Å²) in [7, 11) is 0. The van der Waals surface area contributed by atoms with Crippen LogP contribution in [0.3, 0.4) is 0 Å². The Morgan fingerprint density at radius 3 is 2.12 bits per heavy atom. The number of rotatable bonds is 2. The van der Waals surface area contributed by atoms with Crippen LogP contribution in [0.2, 0.25) is 0 Å². The molecule has 0 aromatic heterocycles. The molecule has 46 valence electrons. The second kappa shape index (κ2) is 11.2. The summed E-state index contributed by atoms with van der Waals surface area (Å²) in [5, 5.41) is 7.86. The van der Waals surface area contributed by atoms with Crippen molar-refractivity contribution in [3.63, 3.8) is 0 Å². The van der Waals surface area contributed by atoms with E-state index in [4.69, 9.17) is 5.11 Å². The minimum atomic E-state index is -0.787. The molecule has 0 rings (SSSR count). The molecule has 5 heteroatoms. The molecule has 0 unspecified atom stereocenters. The molecular formula is C3H9KO3S. The van der Waals surface area contributed by atoms with Crippen molar-refractivity contribution in [3.05, 3.63) is 0 Å². The molecule has 0 aromatic carbocycles. The molecule has 0 heterocycles. The molecular weight excluding hydrogens is 155 g/mol. The zero-order chi connectivity index (χ0) is 4.99. The Kier molecular flexibility index (Phi) is 22.8. The van der Waals surface area contributed by atoms with Crippen molar-refractivity contribution in [1.29, 1.82) is 0 Å². The third-order valence-electron chi connectivity index (χ3n) is 0.326. The van der Waals surface area contributed by atoms with Gasteiger partial charge in [0.2, 0.25) is 0 Å². The van der Waals surface area contributed by atoms with Crippen LogP contribution < -0.4 is 51.4 Å². The fourth-order valence-electron chi connectivity index (χ4n) is 0.0956. The topological polar surface area (TPSA) is 68.8 Å². The fraction of sp³-hybridized carbons (Fsp3) is 0.667. The van der Waals surface area contributed by atoms with Crippen molar-refractivity contribution in [3.8, 4) is 0 Å². The van der Waals surface area contributed by atoms with Gasteiger partial charge in [0, 0.05) is 5.75 Å². The molecule has 8 heavy (non-hydrogen) atoms. The maximum atomic E-state index is 9.55. The third-order valence-corrected chi connectivity index (χ3v) is 0.549. The largest absolute Gasteiger partial charge is 1.00 e. The fourth-order valence-corrected chi connectivity index (χ4v) is 0.287. The minimum absolute atomic E-state index is 0. The second-order valence-corrected chi connectivity index (χ2v) is 1.31. The van der Waals surface area contributed by atoms with Gasteiger partial charge in [0.25, 0.3) is 0 Å². The van der Waals surface area contributed by atoms with Crippen molar-refractivity contribution < 1.29 is 68.2 Å². The Morgan fingerprint density at radius 2 is 2.12 bits per heavy atom. The molecule has 0 aliphatic rings. The molecule has 0 bridgehead atoms. The van der Waals surface area contributed by atoms with E-state index in [0.29, 0.717) is 5.75 Å². The van der Waals surface area contributed by atoms with E-state index in [1.54, 1.807) is 0 Å². The molecule has 0 aromatic rings. The molecule has 0 saturated carbocycles. The summed E-state index contributed by atoms with van der Waals surface area (Å²) in [4.78, 5) is 9.55. The van der Waals surface area contributed by atoms with Gasteiger partial charge in [-0.2, -0.15) is 12.6 Å². The molecule has 0 amide bonds. The maximum Gasteiger partial charge on any atom is 1.00 e. The van der Waals surface area contributed by atoms with Crippen molar-refractivity contribution >= 4 is 18.6 Å². The van der Waals surface area contributed by atoms with E-state index in [2.05, 4.69) is 12.6 Å². The molecule has 0 radical (unpaired) electrons. The number of thiol groups is 1. The van der Waals surface area contributed by atoms with Crippen LogP contribution >= 0.6 is 12.6 Å². The van der Waals surface area contributed by atoms with Crippen LogP contribution in [0.1, 0.15) is 7.85 Å². The van der Waals surface area contributed by atoms with Crippen LogP contribution in [0, 0.1) is 0 Å². The standard InChI is InChI=1S/C3H6O2S.K.H2O.H/c4-3(5)1-2-6;;;/h6H,1-2H2,(H,4,5);;1H2;/q;+1;;-1. The molecule has 0 saturated heterocycles. The van der Waals surface area contributed by atoms with Gasteiger partial charge in [0.05, 0.1) is 6.42 Å². The summed E-state index contributed by atoms with van der Waals surface area (Å²) in [6.07, 6.45) is 0.156. The van der Waals surface area contributed by atoms with E-state index < -0.39 is 5.97 Å². The van der Waals surface area contributed by atoms with Gasteiger partial charge in [-0.15, -0.1) is 0 Å². The van der Waals surface area contributed by atoms with Crippen LogP contribution in [0.4, 0.5) is 0 Å². The summed E-state index contributed by atoms with van der Waals surface area (Å²) in [6.45, 7) is 0. The first-order valence-electron chi connectivity index (χ1n) is 1.60. The zero-order valence-electron chi connectivity index (χ0n) is 5.72. The quantitative estimate of drug-likeness (QED) is 0.331. The number of carbonyl (C=O) groups is 1. The van der Waals surface area contributed by atoms with E-state index in [1.165, 1.54) is 0 Å². The Bertz CT molecular complexity index is 63.0. The first-order valence-corrected chi connectivity index (χ1v) is 2.23. The summed E-state index contributed by atoms with van der Waals surface area (Å²) in [5.41, 5.74) is 0. The Hall–Kier alpha value is 1.42. The first-order chi connectivity index (χ1) is 2.77. The van der Waals surface area contributed by atoms with Crippen molar-refractivity contribution in [1.82, 2.24) is 0 Å². The molecule has 3 N–H and O–H groups in total. The van der Waals surface area contributed by atoms with E-state index in [9.17, 15) is 4.79 Å². The normalized spacial score (nSPS) is 6.12. The molecule has 0 aliphatic carbocycles. The molecule has 0 fully saturated rings. The van der Waals surface area contributed by atoms with E-state index in [-0.39, 0.29) is 64.7 Å².